The third-order valence-corrected chi connectivity index (χ3v) is 8.85. The van der Waals surface area contributed by atoms with Gasteiger partial charge in [-0.15, -0.1) is 0 Å². The van der Waals surface area contributed by atoms with Crippen LogP contribution < -0.4 is 4.80 Å². The maximum atomic E-state index is 12.9. The topological polar surface area (TPSA) is 71.7 Å². The molecule has 0 saturated carbocycles. The van der Waals surface area contributed by atoms with Crippen LogP contribution in [-0.2, 0) is 17.1 Å². The Labute approximate surface area is 184 Å². The van der Waals surface area contributed by atoms with Gasteiger partial charge in [0.15, 0.2) is 4.80 Å². The second-order valence-electron chi connectivity index (χ2n) is 7.43. The van der Waals surface area contributed by atoms with E-state index < -0.39 is 15.9 Å². The van der Waals surface area contributed by atoms with Crippen molar-refractivity contribution in [3.8, 4) is 0 Å². The molecule has 6 nitrogen and oxygen atoms in total. The maximum absolute atomic E-state index is 12.9. The summed E-state index contributed by atoms with van der Waals surface area (Å²) >= 11 is 7.64. The first kappa shape index (κ1) is 21.2. The van der Waals surface area contributed by atoms with E-state index in [9.17, 15) is 13.2 Å². The molecule has 4 rings (SSSR count). The molecule has 1 amide bonds. The van der Waals surface area contributed by atoms with Crippen LogP contribution in [-0.4, -0.2) is 35.8 Å². The van der Waals surface area contributed by atoms with Crippen molar-refractivity contribution in [2.24, 2.45) is 12.0 Å². The third-order valence-electron chi connectivity index (χ3n) is 5.42. The number of halogens is 1. The molecule has 1 aliphatic heterocycles. The summed E-state index contributed by atoms with van der Waals surface area (Å²) in [5.74, 6) is -0.427. The predicted molar refractivity (Wildman–Crippen MR) is 119 cm³/mol. The lowest BCUT2D eigenvalue weighted by Crippen LogP contribution is -2.41. The maximum Gasteiger partial charge on any atom is 0.279 e. The fourth-order valence-corrected chi connectivity index (χ4v) is 6.85. The van der Waals surface area contributed by atoms with Crippen molar-refractivity contribution in [3.05, 3.63) is 57.9 Å². The smallest absolute Gasteiger partial charge is 0.279 e. The van der Waals surface area contributed by atoms with Gasteiger partial charge >= 0.3 is 0 Å². The molecule has 1 fully saturated rings. The molecule has 1 aliphatic rings. The standard InChI is InChI=1S/C21H22ClN3O3S2/c1-14-6-3-4-13-25(14)30(27,28)16-11-9-15(10-12-16)20(26)23-21-24(2)19-17(22)7-5-8-18(19)29-21/h5,7-12,14H,3-4,6,13H2,1-2H3. The number of nitrogens with zero attached hydrogens (tertiary/aromatic N) is 3. The minimum Gasteiger partial charge on any atom is -0.318 e. The van der Waals surface area contributed by atoms with Gasteiger partial charge in [-0.05, 0) is 56.2 Å². The van der Waals surface area contributed by atoms with Gasteiger partial charge in [0.1, 0.15) is 0 Å². The Morgan fingerprint density at radius 2 is 1.90 bits per heavy atom. The number of carbonyl (C=O) groups is 1. The monoisotopic (exact) mass is 463 g/mol. The van der Waals surface area contributed by atoms with E-state index in [1.54, 1.807) is 14.9 Å². The average Bonchev–Trinajstić information content (AvgIpc) is 3.05. The highest BCUT2D eigenvalue weighted by Gasteiger charge is 2.30. The molecule has 3 aromatic rings. The van der Waals surface area contributed by atoms with E-state index in [4.69, 9.17) is 11.6 Å². The minimum atomic E-state index is -3.57. The molecule has 0 bridgehead atoms. The highest BCUT2D eigenvalue weighted by Crippen LogP contribution is 2.26. The van der Waals surface area contributed by atoms with Gasteiger partial charge in [0.05, 0.1) is 20.1 Å². The summed E-state index contributed by atoms with van der Waals surface area (Å²) in [6.45, 7) is 2.47. The van der Waals surface area contributed by atoms with Crippen molar-refractivity contribution >= 4 is 49.1 Å². The summed E-state index contributed by atoms with van der Waals surface area (Å²) < 4.78 is 30.2. The molecule has 1 unspecified atom stereocenters. The van der Waals surface area contributed by atoms with Gasteiger partial charge in [-0.3, -0.25) is 4.79 Å². The van der Waals surface area contributed by atoms with Crippen LogP contribution in [0.3, 0.4) is 0 Å². The van der Waals surface area contributed by atoms with Gasteiger partial charge in [0, 0.05) is 25.2 Å². The van der Waals surface area contributed by atoms with Gasteiger partial charge in [0.25, 0.3) is 5.91 Å². The van der Waals surface area contributed by atoms with Crippen LogP contribution in [0.5, 0.6) is 0 Å². The predicted octanol–water partition coefficient (Wildman–Crippen LogP) is 4.20. The summed E-state index contributed by atoms with van der Waals surface area (Å²) in [6.07, 6.45) is 2.78. The molecule has 2 aromatic carbocycles. The van der Waals surface area contributed by atoms with Gasteiger partial charge in [-0.1, -0.05) is 35.4 Å². The number of piperidine rings is 1. The number of rotatable bonds is 3. The van der Waals surface area contributed by atoms with Gasteiger partial charge in [-0.25, -0.2) is 8.42 Å². The lowest BCUT2D eigenvalue weighted by atomic mass is 10.1. The Morgan fingerprint density at radius 3 is 2.57 bits per heavy atom. The zero-order valence-corrected chi connectivity index (χ0v) is 19.1. The first-order valence-electron chi connectivity index (χ1n) is 9.74. The summed E-state index contributed by atoms with van der Waals surface area (Å²) in [5, 5.41) is 0.599. The van der Waals surface area contributed by atoms with E-state index in [2.05, 4.69) is 4.99 Å². The average molecular weight is 464 g/mol. The number of aromatic nitrogens is 1. The highest BCUT2D eigenvalue weighted by atomic mass is 35.5. The largest absolute Gasteiger partial charge is 0.318 e. The van der Waals surface area contributed by atoms with Crippen molar-refractivity contribution in [3.63, 3.8) is 0 Å². The molecular weight excluding hydrogens is 442 g/mol. The number of fused-ring (bicyclic) bond motifs is 1. The van der Waals surface area contributed by atoms with Crippen LogP contribution in [0, 0.1) is 0 Å². The Hall–Kier alpha value is -2.00. The SMILES string of the molecule is CC1CCCCN1S(=O)(=O)c1ccc(C(=O)N=c2sc3cccc(Cl)c3n2C)cc1. The first-order valence-corrected chi connectivity index (χ1v) is 12.4. The molecule has 0 aliphatic carbocycles. The van der Waals surface area contributed by atoms with Crippen LogP contribution in [0.25, 0.3) is 10.2 Å². The van der Waals surface area contributed by atoms with E-state index in [1.165, 1.54) is 35.6 Å². The Bertz CT molecular complexity index is 1280. The van der Waals surface area contributed by atoms with Crippen molar-refractivity contribution in [1.29, 1.82) is 0 Å². The number of hydrogen-bond donors (Lipinski definition) is 0. The van der Waals surface area contributed by atoms with Gasteiger partial charge < -0.3 is 4.57 Å². The van der Waals surface area contributed by atoms with Crippen LogP contribution in [0.15, 0.2) is 52.4 Å². The molecule has 1 atom stereocenters. The molecule has 0 N–H and O–H groups in total. The first-order chi connectivity index (χ1) is 14.3. The van der Waals surface area contributed by atoms with E-state index in [0.717, 1.165) is 29.5 Å². The minimum absolute atomic E-state index is 0.0140. The van der Waals surface area contributed by atoms with E-state index in [-0.39, 0.29) is 10.9 Å². The third kappa shape index (κ3) is 3.85. The number of amides is 1. The van der Waals surface area contributed by atoms with Crippen LogP contribution in [0.1, 0.15) is 36.5 Å². The normalized spacial score (nSPS) is 18.8. The summed E-state index contributed by atoms with van der Waals surface area (Å²) in [5.41, 5.74) is 1.16. The van der Waals surface area contributed by atoms with Crippen LogP contribution in [0.4, 0.5) is 0 Å². The second kappa shape index (κ2) is 8.26. The van der Waals surface area contributed by atoms with E-state index in [1.807, 2.05) is 26.1 Å². The van der Waals surface area contributed by atoms with Gasteiger partial charge in [0.2, 0.25) is 10.0 Å². The lowest BCUT2D eigenvalue weighted by Gasteiger charge is -2.32. The molecule has 1 saturated heterocycles. The number of hydrogen-bond acceptors (Lipinski definition) is 4. The zero-order valence-electron chi connectivity index (χ0n) is 16.7. The van der Waals surface area contributed by atoms with Crippen molar-refractivity contribution in [2.75, 3.05) is 6.54 Å². The molecular formula is C21H22ClN3O3S2. The Balaban J connectivity index is 1.63. The number of carbonyl (C=O) groups excluding carboxylic acids is 1. The van der Waals surface area contributed by atoms with Crippen molar-refractivity contribution in [1.82, 2.24) is 8.87 Å². The number of benzene rings is 2. The molecule has 158 valence electrons. The zero-order chi connectivity index (χ0) is 21.5. The summed E-state index contributed by atoms with van der Waals surface area (Å²) in [4.78, 5) is 17.6. The quantitative estimate of drug-likeness (QED) is 0.584. The number of para-hydroxylation sites is 1. The summed E-state index contributed by atoms with van der Waals surface area (Å²) in [6, 6.07) is 11.6. The fourth-order valence-electron chi connectivity index (χ4n) is 3.75. The van der Waals surface area contributed by atoms with Crippen molar-refractivity contribution in [2.45, 2.75) is 37.1 Å². The van der Waals surface area contributed by atoms with Crippen LogP contribution >= 0.6 is 22.9 Å². The second-order valence-corrected chi connectivity index (χ2v) is 10.7. The Morgan fingerprint density at radius 1 is 1.17 bits per heavy atom. The van der Waals surface area contributed by atoms with Gasteiger partial charge in [-0.2, -0.15) is 9.30 Å². The molecule has 9 heteroatoms. The van der Waals surface area contributed by atoms with Crippen LogP contribution in [0.2, 0.25) is 5.02 Å². The highest BCUT2D eigenvalue weighted by molar-refractivity contribution is 7.89. The fraction of sp³-hybridized carbons (Fsp3) is 0.333. The molecule has 1 aromatic heterocycles. The lowest BCUT2D eigenvalue weighted by molar-refractivity contribution is 0.0998. The van der Waals surface area contributed by atoms with E-state index >= 15 is 0 Å². The Kier molecular flexibility index (Phi) is 5.85. The molecule has 0 spiro atoms. The number of sulfonamides is 1. The number of aryl methyl sites for hydroxylation is 1. The number of thiazole rings is 1. The molecule has 0 radical (unpaired) electrons. The van der Waals surface area contributed by atoms with E-state index in [0.29, 0.717) is 21.9 Å². The molecule has 30 heavy (non-hydrogen) atoms. The van der Waals surface area contributed by atoms with Crippen molar-refractivity contribution < 1.29 is 13.2 Å². The molecule has 2 heterocycles. The summed E-state index contributed by atoms with van der Waals surface area (Å²) in [7, 11) is -1.75.